The number of rotatable bonds is 5. The molecule has 0 unspecified atom stereocenters. The second-order valence-electron chi connectivity index (χ2n) is 6.00. The lowest BCUT2D eigenvalue weighted by atomic mass is 9.83. The molecule has 1 aromatic heterocycles. The second-order valence-corrected chi connectivity index (χ2v) is 7.56. The second kappa shape index (κ2) is 6.81. The van der Waals surface area contributed by atoms with E-state index in [1.807, 2.05) is 0 Å². The molecule has 10 heteroatoms. The molecule has 0 atom stereocenters. The summed E-state index contributed by atoms with van der Waals surface area (Å²) in [7, 11) is -3.68. The van der Waals surface area contributed by atoms with Crippen LogP contribution in [-0.2, 0) is 10.0 Å². The first-order valence-electron chi connectivity index (χ1n) is 7.78. The molecule has 0 spiro atoms. The maximum Gasteiger partial charge on any atom is 0.359 e. The van der Waals surface area contributed by atoms with Gasteiger partial charge in [-0.05, 0) is 49.3 Å². The predicted octanol–water partition coefficient (Wildman–Crippen LogP) is 1.26. The van der Waals surface area contributed by atoms with Crippen LogP contribution in [0.3, 0.4) is 0 Å². The van der Waals surface area contributed by atoms with Gasteiger partial charge < -0.3 is 9.84 Å². The Labute approximate surface area is 144 Å². The lowest BCUT2D eigenvalue weighted by molar-refractivity contribution is 0.0677. The van der Waals surface area contributed by atoms with Crippen LogP contribution >= 0.6 is 0 Å². The number of sulfonamides is 1. The van der Waals surface area contributed by atoms with E-state index in [1.54, 1.807) is 12.1 Å². The quantitative estimate of drug-likeness (QED) is 0.721. The summed E-state index contributed by atoms with van der Waals surface area (Å²) in [5.74, 6) is -0.859. The van der Waals surface area contributed by atoms with Gasteiger partial charge in [0.05, 0.1) is 4.90 Å². The van der Waals surface area contributed by atoms with Gasteiger partial charge >= 0.3 is 5.97 Å². The number of H-pyrrole nitrogens is 1. The van der Waals surface area contributed by atoms with Gasteiger partial charge in [0, 0.05) is 0 Å². The number of aromatic amines is 1. The third-order valence-electron chi connectivity index (χ3n) is 4.36. The zero-order valence-corrected chi connectivity index (χ0v) is 14.1. The highest BCUT2D eigenvalue weighted by Gasteiger charge is 2.26. The summed E-state index contributed by atoms with van der Waals surface area (Å²) in [4.78, 5) is 11.1. The average molecular weight is 366 g/mol. The maximum absolute atomic E-state index is 11.3. The number of hydrogen-bond acceptors (Lipinski definition) is 6. The highest BCUT2D eigenvalue weighted by molar-refractivity contribution is 7.89. The van der Waals surface area contributed by atoms with Crippen molar-refractivity contribution in [1.82, 2.24) is 15.4 Å². The molecule has 134 valence electrons. The van der Waals surface area contributed by atoms with E-state index >= 15 is 0 Å². The van der Waals surface area contributed by atoms with Crippen LogP contribution in [0, 0.1) is 0 Å². The molecule has 3 rings (SSSR count). The van der Waals surface area contributed by atoms with Crippen LogP contribution in [0.25, 0.3) is 0 Å². The standard InChI is InChI=1S/C15H18N4O5S/c16-25(22,23)12-7-3-10(4-8-12)9-1-5-11(6-2-9)24-14-13(15(20)21)17-19-18-14/h3-4,7-9,11H,1-2,5-6H2,(H,20,21)(H2,16,22,23)(H,17,18,19). The van der Waals surface area contributed by atoms with Crippen molar-refractivity contribution in [2.45, 2.75) is 42.6 Å². The summed E-state index contributed by atoms with van der Waals surface area (Å²) in [6.45, 7) is 0. The number of carboxylic acids is 1. The number of aromatic carboxylic acids is 1. The van der Waals surface area contributed by atoms with E-state index in [9.17, 15) is 13.2 Å². The van der Waals surface area contributed by atoms with Gasteiger partial charge in [0.25, 0.3) is 5.88 Å². The van der Waals surface area contributed by atoms with E-state index in [0.29, 0.717) is 5.92 Å². The topological polar surface area (TPSA) is 148 Å². The molecule has 9 nitrogen and oxygen atoms in total. The third kappa shape index (κ3) is 3.97. The van der Waals surface area contributed by atoms with Crippen molar-refractivity contribution in [2.75, 3.05) is 0 Å². The minimum atomic E-state index is -3.68. The minimum Gasteiger partial charge on any atom is -0.476 e. The zero-order valence-electron chi connectivity index (χ0n) is 13.3. The Hall–Kier alpha value is -2.46. The number of ether oxygens (including phenoxy) is 1. The minimum absolute atomic E-state index is 0.00783. The van der Waals surface area contributed by atoms with Crippen LogP contribution in [0.4, 0.5) is 0 Å². The molecule has 0 radical (unpaired) electrons. The summed E-state index contributed by atoms with van der Waals surface area (Å²) >= 11 is 0. The van der Waals surface area contributed by atoms with Crippen molar-refractivity contribution in [3.63, 3.8) is 0 Å². The summed E-state index contributed by atoms with van der Waals surface area (Å²) in [5, 5.41) is 23.5. The van der Waals surface area contributed by atoms with Crippen molar-refractivity contribution in [2.24, 2.45) is 5.14 Å². The monoisotopic (exact) mass is 366 g/mol. The van der Waals surface area contributed by atoms with Gasteiger partial charge in [-0.3, -0.25) is 0 Å². The highest BCUT2D eigenvalue weighted by atomic mass is 32.2. The molecule has 0 saturated heterocycles. The van der Waals surface area contributed by atoms with E-state index in [2.05, 4.69) is 15.4 Å². The number of hydrogen-bond donors (Lipinski definition) is 3. The maximum atomic E-state index is 11.3. The lowest BCUT2D eigenvalue weighted by Gasteiger charge is -2.28. The average Bonchev–Trinajstić information content (AvgIpc) is 3.03. The SMILES string of the molecule is NS(=O)(=O)c1ccc(C2CCC(Oc3nn[nH]c3C(=O)O)CC2)cc1. The fraction of sp³-hybridized carbons (Fsp3) is 0.400. The van der Waals surface area contributed by atoms with Crippen molar-refractivity contribution in [3.8, 4) is 5.88 Å². The number of aromatic nitrogens is 3. The van der Waals surface area contributed by atoms with E-state index in [0.717, 1.165) is 31.2 Å². The van der Waals surface area contributed by atoms with Crippen LogP contribution in [0.2, 0.25) is 0 Å². The first kappa shape index (κ1) is 17.4. The number of primary sulfonamides is 1. The highest BCUT2D eigenvalue weighted by Crippen LogP contribution is 2.34. The fourth-order valence-electron chi connectivity index (χ4n) is 3.04. The summed E-state index contributed by atoms with van der Waals surface area (Å²) in [6, 6.07) is 6.60. The first-order chi connectivity index (χ1) is 11.8. The van der Waals surface area contributed by atoms with Crippen molar-refractivity contribution < 1.29 is 23.1 Å². The van der Waals surface area contributed by atoms with E-state index in [4.69, 9.17) is 15.0 Å². The third-order valence-corrected chi connectivity index (χ3v) is 5.29. The van der Waals surface area contributed by atoms with Crippen LogP contribution in [-0.4, -0.2) is 41.0 Å². The van der Waals surface area contributed by atoms with Gasteiger partial charge in [-0.15, -0.1) is 0 Å². The summed E-state index contributed by atoms with van der Waals surface area (Å²) < 4.78 is 28.2. The molecule has 1 saturated carbocycles. The Kier molecular flexibility index (Phi) is 4.73. The summed E-state index contributed by atoms with van der Waals surface area (Å²) in [5.41, 5.74) is 0.902. The zero-order chi connectivity index (χ0) is 18.0. The van der Waals surface area contributed by atoms with Gasteiger partial charge in [-0.1, -0.05) is 22.4 Å². The lowest BCUT2D eigenvalue weighted by Crippen LogP contribution is -2.24. The molecular weight excluding hydrogens is 348 g/mol. The molecule has 25 heavy (non-hydrogen) atoms. The van der Waals surface area contributed by atoms with Crippen LogP contribution in [0.1, 0.15) is 47.7 Å². The van der Waals surface area contributed by atoms with Crippen LogP contribution in [0.15, 0.2) is 29.2 Å². The largest absolute Gasteiger partial charge is 0.476 e. The van der Waals surface area contributed by atoms with Crippen molar-refractivity contribution in [1.29, 1.82) is 0 Å². The Morgan fingerprint density at radius 2 is 1.84 bits per heavy atom. The number of carboxylic acid groups (broad SMARTS) is 1. The molecule has 1 aliphatic carbocycles. The Bertz CT molecular complexity index is 854. The Morgan fingerprint density at radius 3 is 2.40 bits per heavy atom. The molecule has 0 amide bonds. The normalized spacial score (nSPS) is 21.0. The van der Waals surface area contributed by atoms with Gasteiger partial charge in [0.15, 0.2) is 0 Å². The molecule has 1 aliphatic rings. The van der Waals surface area contributed by atoms with Crippen molar-refractivity contribution in [3.05, 3.63) is 35.5 Å². The smallest absolute Gasteiger partial charge is 0.359 e. The fourth-order valence-corrected chi connectivity index (χ4v) is 3.56. The number of nitrogens with two attached hydrogens (primary N) is 1. The van der Waals surface area contributed by atoms with Crippen molar-refractivity contribution >= 4 is 16.0 Å². The van der Waals surface area contributed by atoms with Gasteiger partial charge in [-0.2, -0.15) is 0 Å². The number of nitrogens with one attached hydrogen (secondary N) is 1. The van der Waals surface area contributed by atoms with E-state index in [-0.39, 0.29) is 22.6 Å². The molecule has 1 aromatic carbocycles. The predicted molar refractivity (Wildman–Crippen MR) is 86.8 cm³/mol. The number of nitrogens with zero attached hydrogens (tertiary/aromatic N) is 2. The van der Waals surface area contributed by atoms with Crippen LogP contribution in [0.5, 0.6) is 5.88 Å². The molecular formula is C15H18N4O5S. The van der Waals surface area contributed by atoms with Gasteiger partial charge in [0.2, 0.25) is 15.7 Å². The molecule has 2 aromatic rings. The number of benzene rings is 1. The summed E-state index contributed by atoms with van der Waals surface area (Å²) in [6.07, 6.45) is 3.06. The van der Waals surface area contributed by atoms with Gasteiger partial charge in [-0.25, -0.2) is 23.4 Å². The molecule has 1 heterocycles. The van der Waals surface area contributed by atoms with Gasteiger partial charge in [0.1, 0.15) is 6.10 Å². The molecule has 0 aliphatic heterocycles. The first-order valence-corrected chi connectivity index (χ1v) is 9.33. The Balaban J connectivity index is 1.60. The molecule has 0 bridgehead atoms. The van der Waals surface area contributed by atoms with Crippen LogP contribution < -0.4 is 9.88 Å². The number of carbonyl (C=O) groups is 1. The molecule has 4 N–H and O–H groups in total. The molecule has 1 fully saturated rings. The van der Waals surface area contributed by atoms with E-state index < -0.39 is 16.0 Å². The Morgan fingerprint density at radius 1 is 1.20 bits per heavy atom. The van der Waals surface area contributed by atoms with E-state index in [1.165, 1.54) is 12.1 Å².